The zero-order valence-electron chi connectivity index (χ0n) is 11.5. The van der Waals surface area contributed by atoms with Gasteiger partial charge in [0.1, 0.15) is 0 Å². The smallest absolute Gasteiger partial charge is 0.223 e. The molecule has 2 fully saturated rings. The van der Waals surface area contributed by atoms with Crippen LogP contribution in [0.5, 0.6) is 0 Å². The highest BCUT2D eigenvalue weighted by Gasteiger charge is 2.42. The van der Waals surface area contributed by atoms with Gasteiger partial charge in [-0.3, -0.25) is 4.79 Å². The van der Waals surface area contributed by atoms with E-state index in [1.54, 1.807) is 0 Å². The van der Waals surface area contributed by atoms with Gasteiger partial charge in [0.15, 0.2) is 0 Å². The topological polar surface area (TPSA) is 29.1 Å². The Bertz CT molecular complexity index is 276. The van der Waals surface area contributed by atoms with E-state index in [0.29, 0.717) is 6.04 Å². The highest BCUT2D eigenvalue weighted by Crippen LogP contribution is 2.49. The minimum atomic E-state index is 0.182. The van der Waals surface area contributed by atoms with E-state index in [4.69, 9.17) is 0 Å². The Morgan fingerprint density at radius 2 is 2.06 bits per heavy atom. The SMILES string of the molecule is CCCC(C)C(=O)NC(C)C1CC2CCC1C2. The third kappa shape index (κ3) is 2.83. The lowest BCUT2D eigenvalue weighted by molar-refractivity contribution is -0.125. The van der Waals surface area contributed by atoms with Gasteiger partial charge in [-0.05, 0) is 50.4 Å². The van der Waals surface area contributed by atoms with Crippen LogP contribution >= 0.6 is 0 Å². The summed E-state index contributed by atoms with van der Waals surface area (Å²) < 4.78 is 0. The molecule has 0 radical (unpaired) electrons. The van der Waals surface area contributed by atoms with Crippen molar-refractivity contribution in [1.29, 1.82) is 0 Å². The monoisotopic (exact) mass is 237 g/mol. The molecule has 98 valence electrons. The number of hydrogen-bond acceptors (Lipinski definition) is 1. The summed E-state index contributed by atoms with van der Waals surface area (Å²) in [5, 5.41) is 3.25. The molecule has 0 aliphatic heterocycles. The predicted molar refractivity (Wildman–Crippen MR) is 70.6 cm³/mol. The molecule has 0 spiro atoms. The first kappa shape index (κ1) is 12.9. The maximum atomic E-state index is 12.0. The fraction of sp³-hybridized carbons (Fsp3) is 0.933. The van der Waals surface area contributed by atoms with Gasteiger partial charge in [0.25, 0.3) is 0 Å². The summed E-state index contributed by atoms with van der Waals surface area (Å²) in [4.78, 5) is 12.0. The Labute approximate surface area is 106 Å². The van der Waals surface area contributed by atoms with Crippen LogP contribution in [0.25, 0.3) is 0 Å². The third-order valence-corrected chi connectivity index (χ3v) is 4.97. The summed E-state index contributed by atoms with van der Waals surface area (Å²) in [6.45, 7) is 6.40. The molecule has 2 rings (SSSR count). The van der Waals surface area contributed by atoms with Gasteiger partial charge in [-0.1, -0.05) is 26.7 Å². The highest BCUT2D eigenvalue weighted by molar-refractivity contribution is 5.78. The second-order valence-corrected chi connectivity index (χ2v) is 6.33. The largest absolute Gasteiger partial charge is 0.353 e. The number of fused-ring (bicyclic) bond motifs is 2. The molecule has 2 aliphatic carbocycles. The highest BCUT2D eigenvalue weighted by atomic mass is 16.1. The van der Waals surface area contributed by atoms with E-state index in [0.717, 1.165) is 30.6 Å². The summed E-state index contributed by atoms with van der Waals surface area (Å²) in [5.41, 5.74) is 0. The van der Waals surface area contributed by atoms with Crippen LogP contribution in [-0.2, 0) is 4.79 Å². The zero-order valence-corrected chi connectivity index (χ0v) is 11.5. The molecule has 1 amide bonds. The Hall–Kier alpha value is -0.530. The Kier molecular flexibility index (Phi) is 4.11. The van der Waals surface area contributed by atoms with Gasteiger partial charge in [0.05, 0.1) is 0 Å². The first-order valence-corrected chi connectivity index (χ1v) is 7.42. The molecule has 2 bridgehead atoms. The number of carbonyl (C=O) groups excluding carboxylic acids is 1. The van der Waals surface area contributed by atoms with Gasteiger partial charge in [-0.25, -0.2) is 0 Å². The number of rotatable bonds is 5. The predicted octanol–water partition coefficient (Wildman–Crippen LogP) is 3.36. The van der Waals surface area contributed by atoms with Crippen molar-refractivity contribution >= 4 is 5.91 Å². The summed E-state index contributed by atoms with van der Waals surface area (Å²) in [7, 11) is 0. The van der Waals surface area contributed by atoms with E-state index in [2.05, 4.69) is 19.2 Å². The zero-order chi connectivity index (χ0) is 12.4. The van der Waals surface area contributed by atoms with Crippen LogP contribution < -0.4 is 5.32 Å². The molecule has 0 aromatic heterocycles. The normalized spacial score (nSPS) is 34.6. The summed E-state index contributed by atoms with van der Waals surface area (Å²) in [6, 6.07) is 0.386. The summed E-state index contributed by atoms with van der Waals surface area (Å²) >= 11 is 0. The van der Waals surface area contributed by atoms with E-state index in [9.17, 15) is 4.79 Å². The molecule has 0 heterocycles. The van der Waals surface area contributed by atoms with Crippen molar-refractivity contribution < 1.29 is 4.79 Å². The van der Waals surface area contributed by atoms with Crippen LogP contribution in [0.3, 0.4) is 0 Å². The summed E-state index contributed by atoms with van der Waals surface area (Å²) in [6.07, 6.45) is 7.73. The Morgan fingerprint density at radius 1 is 1.29 bits per heavy atom. The molecule has 2 heteroatoms. The van der Waals surface area contributed by atoms with E-state index >= 15 is 0 Å². The number of amides is 1. The molecule has 17 heavy (non-hydrogen) atoms. The van der Waals surface area contributed by atoms with E-state index < -0.39 is 0 Å². The van der Waals surface area contributed by atoms with Gasteiger partial charge < -0.3 is 5.32 Å². The van der Waals surface area contributed by atoms with Crippen molar-refractivity contribution in [2.24, 2.45) is 23.7 Å². The van der Waals surface area contributed by atoms with Gasteiger partial charge in [0.2, 0.25) is 5.91 Å². The van der Waals surface area contributed by atoms with E-state index in [-0.39, 0.29) is 11.8 Å². The number of carbonyl (C=O) groups is 1. The maximum absolute atomic E-state index is 12.0. The van der Waals surface area contributed by atoms with Crippen molar-refractivity contribution in [3.05, 3.63) is 0 Å². The first-order valence-electron chi connectivity index (χ1n) is 7.42. The van der Waals surface area contributed by atoms with Crippen LogP contribution in [0.1, 0.15) is 59.3 Å². The van der Waals surface area contributed by atoms with Crippen molar-refractivity contribution in [3.63, 3.8) is 0 Å². The van der Waals surface area contributed by atoms with Gasteiger partial charge >= 0.3 is 0 Å². The number of hydrogen-bond donors (Lipinski definition) is 1. The first-order chi connectivity index (χ1) is 8.11. The van der Waals surface area contributed by atoms with Crippen LogP contribution in [0.4, 0.5) is 0 Å². The molecule has 0 aromatic rings. The van der Waals surface area contributed by atoms with Crippen molar-refractivity contribution in [2.75, 3.05) is 0 Å². The van der Waals surface area contributed by atoms with Crippen LogP contribution in [0.15, 0.2) is 0 Å². The third-order valence-electron chi connectivity index (χ3n) is 4.97. The maximum Gasteiger partial charge on any atom is 0.223 e. The Balaban J connectivity index is 1.81. The average molecular weight is 237 g/mol. The quantitative estimate of drug-likeness (QED) is 0.780. The van der Waals surface area contributed by atoms with Crippen molar-refractivity contribution in [2.45, 2.75) is 65.3 Å². The molecule has 2 saturated carbocycles. The fourth-order valence-electron chi connectivity index (χ4n) is 3.94. The molecule has 5 atom stereocenters. The molecular weight excluding hydrogens is 210 g/mol. The minimum Gasteiger partial charge on any atom is -0.353 e. The van der Waals surface area contributed by atoms with Crippen LogP contribution in [0.2, 0.25) is 0 Å². The van der Waals surface area contributed by atoms with Gasteiger partial charge in [0, 0.05) is 12.0 Å². The van der Waals surface area contributed by atoms with Crippen LogP contribution in [0, 0.1) is 23.7 Å². The molecule has 2 aliphatic rings. The number of nitrogens with one attached hydrogen (secondary N) is 1. The molecule has 0 aromatic carbocycles. The Morgan fingerprint density at radius 3 is 2.59 bits per heavy atom. The van der Waals surface area contributed by atoms with Crippen LogP contribution in [-0.4, -0.2) is 11.9 Å². The molecule has 2 nitrogen and oxygen atoms in total. The second-order valence-electron chi connectivity index (χ2n) is 6.33. The summed E-state index contributed by atoms with van der Waals surface area (Å²) in [5.74, 6) is 3.07. The standard InChI is InChI=1S/C15H27NO/c1-4-5-10(2)15(17)16-11(3)14-9-12-6-7-13(14)8-12/h10-14H,4-9H2,1-3H3,(H,16,17). The van der Waals surface area contributed by atoms with Gasteiger partial charge in [-0.2, -0.15) is 0 Å². The molecule has 0 saturated heterocycles. The van der Waals surface area contributed by atoms with Crippen molar-refractivity contribution in [1.82, 2.24) is 5.32 Å². The minimum absolute atomic E-state index is 0.182. The van der Waals surface area contributed by atoms with Crippen molar-refractivity contribution in [3.8, 4) is 0 Å². The molecule has 1 N–H and O–H groups in total. The van der Waals surface area contributed by atoms with E-state index in [1.807, 2.05) is 6.92 Å². The lowest BCUT2D eigenvalue weighted by atomic mass is 9.84. The van der Waals surface area contributed by atoms with E-state index in [1.165, 1.54) is 25.7 Å². The average Bonchev–Trinajstić information content (AvgIpc) is 2.90. The fourth-order valence-corrected chi connectivity index (χ4v) is 3.94. The molecular formula is C15H27NO. The van der Waals surface area contributed by atoms with Gasteiger partial charge in [-0.15, -0.1) is 0 Å². The molecule has 5 unspecified atom stereocenters. The lowest BCUT2D eigenvalue weighted by Crippen LogP contribution is -2.42. The lowest BCUT2D eigenvalue weighted by Gasteiger charge is -2.29. The second kappa shape index (κ2) is 5.41.